The molecule has 0 fully saturated rings. The minimum atomic E-state index is -0.296. The minimum Gasteiger partial charge on any atom is -0.399 e. The molecule has 0 aromatic heterocycles. The molecular formula is C9H10N2O2S. The lowest BCUT2D eigenvalue weighted by atomic mass is 10.2. The number of hydrogen-bond acceptors (Lipinski definition) is 4. The van der Waals surface area contributed by atoms with Gasteiger partial charge in [0.15, 0.2) is 0 Å². The van der Waals surface area contributed by atoms with Gasteiger partial charge in [-0.05, 0) is 18.2 Å². The lowest BCUT2D eigenvalue weighted by Gasteiger charge is -2.27. The summed E-state index contributed by atoms with van der Waals surface area (Å²) in [6.07, 6.45) is 0. The smallest absolute Gasteiger partial charge is 0.239 e. The van der Waals surface area contributed by atoms with Crippen LogP contribution in [-0.4, -0.2) is 23.5 Å². The molecule has 0 unspecified atom stereocenters. The maximum atomic E-state index is 11.4. The van der Waals surface area contributed by atoms with Crippen molar-refractivity contribution in [1.82, 2.24) is 0 Å². The molecule has 0 spiro atoms. The highest BCUT2D eigenvalue weighted by molar-refractivity contribution is 8.00. The normalized spacial score (nSPS) is 15.5. The SMILES string of the molecule is Nc1ccc2c(c1)N(CO)C(=O)CS2. The van der Waals surface area contributed by atoms with Crippen molar-refractivity contribution in [2.45, 2.75) is 4.90 Å². The lowest BCUT2D eigenvalue weighted by molar-refractivity contribution is -0.117. The molecule has 0 saturated carbocycles. The number of anilines is 2. The molecule has 0 atom stereocenters. The van der Waals surface area contributed by atoms with Gasteiger partial charge in [0, 0.05) is 10.6 Å². The van der Waals surface area contributed by atoms with E-state index < -0.39 is 0 Å². The molecular weight excluding hydrogens is 200 g/mol. The molecule has 74 valence electrons. The molecule has 0 radical (unpaired) electrons. The van der Waals surface area contributed by atoms with Gasteiger partial charge in [-0.2, -0.15) is 0 Å². The van der Waals surface area contributed by atoms with Crippen molar-refractivity contribution in [2.24, 2.45) is 0 Å². The van der Waals surface area contributed by atoms with Gasteiger partial charge < -0.3 is 10.8 Å². The zero-order valence-corrected chi connectivity index (χ0v) is 8.25. The van der Waals surface area contributed by atoms with Crippen LogP contribution in [-0.2, 0) is 4.79 Å². The Morgan fingerprint density at radius 2 is 2.36 bits per heavy atom. The Hall–Kier alpha value is -1.20. The summed E-state index contributed by atoms with van der Waals surface area (Å²) in [5.74, 6) is 0.285. The van der Waals surface area contributed by atoms with Crippen LogP contribution >= 0.6 is 11.8 Å². The van der Waals surface area contributed by atoms with E-state index in [-0.39, 0.29) is 12.6 Å². The van der Waals surface area contributed by atoms with Crippen LogP contribution in [0.3, 0.4) is 0 Å². The molecule has 4 nitrogen and oxygen atoms in total. The van der Waals surface area contributed by atoms with Crippen LogP contribution < -0.4 is 10.6 Å². The molecule has 5 heteroatoms. The van der Waals surface area contributed by atoms with Crippen LogP contribution in [0.2, 0.25) is 0 Å². The Morgan fingerprint density at radius 3 is 3.07 bits per heavy atom. The summed E-state index contributed by atoms with van der Waals surface area (Å²) in [7, 11) is 0. The first-order valence-electron chi connectivity index (χ1n) is 4.16. The summed E-state index contributed by atoms with van der Waals surface area (Å²) in [6.45, 7) is -0.296. The molecule has 1 aromatic rings. The number of thioether (sulfide) groups is 1. The highest BCUT2D eigenvalue weighted by Crippen LogP contribution is 2.36. The summed E-state index contributed by atoms with van der Waals surface area (Å²) in [6, 6.07) is 5.36. The fourth-order valence-corrected chi connectivity index (χ4v) is 2.29. The van der Waals surface area contributed by atoms with Gasteiger partial charge in [0.1, 0.15) is 6.73 Å². The quantitative estimate of drug-likeness (QED) is 0.668. The maximum Gasteiger partial charge on any atom is 0.239 e. The Kier molecular flexibility index (Phi) is 2.35. The third kappa shape index (κ3) is 1.44. The summed E-state index contributed by atoms with van der Waals surface area (Å²) in [4.78, 5) is 13.7. The van der Waals surface area contributed by atoms with Crippen LogP contribution in [0, 0.1) is 0 Å². The fraction of sp³-hybridized carbons (Fsp3) is 0.222. The third-order valence-electron chi connectivity index (χ3n) is 2.07. The number of nitrogens with two attached hydrogens (primary N) is 1. The molecule has 2 rings (SSSR count). The minimum absolute atomic E-state index is 0.0874. The zero-order chi connectivity index (χ0) is 10.1. The average molecular weight is 210 g/mol. The van der Waals surface area contributed by atoms with Crippen molar-refractivity contribution >= 4 is 29.0 Å². The molecule has 1 amide bonds. The number of benzene rings is 1. The van der Waals surface area contributed by atoms with Gasteiger partial charge in [-0.1, -0.05) is 0 Å². The fourth-order valence-electron chi connectivity index (χ4n) is 1.37. The number of hydrogen-bond donors (Lipinski definition) is 2. The van der Waals surface area contributed by atoms with E-state index in [0.29, 0.717) is 17.1 Å². The second-order valence-corrected chi connectivity index (χ2v) is 4.00. The van der Waals surface area contributed by atoms with Crippen LogP contribution in [0.1, 0.15) is 0 Å². The third-order valence-corrected chi connectivity index (χ3v) is 3.11. The van der Waals surface area contributed by atoms with Crippen LogP contribution in [0.15, 0.2) is 23.1 Å². The van der Waals surface area contributed by atoms with Crippen LogP contribution in [0.4, 0.5) is 11.4 Å². The van der Waals surface area contributed by atoms with Gasteiger partial charge in [0.25, 0.3) is 0 Å². The van der Waals surface area contributed by atoms with Crippen LogP contribution in [0.25, 0.3) is 0 Å². The summed E-state index contributed by atoms with van der Waals surface area (Å²) >= 11 is 1.47. The average Bonchev–Trinajstić information content (AvgIpc) is 2.17. The molecule has 14 heavy (non-hydrogen) atoms. The van der Waals surface area contributed by atoms with E-state index in [9.17, 15) is 4.79 Å². The molecule has 1 aliphatic rings. The number of aliphatic hydroxyl groups is 1. The Morgan fingerprint density at radius 1 is 1.57 bits per heavy atom. The monoisotopic (exact) mass is 210 g/mol. The largest absolute Gasteiger partial charge is 0.399 e. The zero-order valence-electron chi connectivity index (χ0n) is 7.43. The number of nitrogen functional groups attached to an aromatic ring is 1. The lowest BCUT2D eigenvalue weighted by Crippen LogP contribution is -2.36. The van der Waals surface area contributed by atoms with E-state index in [2.05, 4.69) is 0 Å². The number of nitrogens with zero attached hydrogens (tertiary/aromatic N) is 1. The molecule has 1 aliphatic heterocycles. The topological polar surface area (TPSA) is 66.6 Å². The highest BCUT2D eigenvalue weighted by atomic mass is 32.2. The first-order chi connectivity index (χ1) is 6.72. The molecule has 1 aromatic carbocycles. The van der Waals surface area contributed by atoms with Crippen molar-refractivity contribution in [3.63, 3.8) is 0 Å². The number of carbonyl (C=O) groups excluding carboxylic acids is 1. The van der Waals surface area contributed by atoms with Crippen molar-refractivity contribution in [3.8, 4) is 0 Å². The van der Waals surface area contributed by atoms with Gasteiger partial charge in [-0.25, -0.2) is 0 Å². The van der Waals surface area contributed by atoms with Crippen LogP contribution in [0.5, 0.6) is 0 Å². The van der Waals surface area contributed by atoms with Crippen molar-refractivity contribution < 1.29 is 9.90 Å². The maximum absolute atomic E-state index is 11.4. The second kappa shape index (κ2) is 3.51. The number of amides is 1. The summed E-state index contributed by atoms with van der Waals surface area (Å²) < 4.78 is 0. The Bertz CT molecular complexity index is 381. The molecule has 0 bridgehead atoms. The molecule has 0 aliphatic carbocycles. The first-order valence-corrected chi connectivity index (χ1v) is 5.14. The molecule has 3 N–H and O–H groups in total. The Balaban J connectivity index is 2.49. The van der Waals surface area contributed by atoms with Gasteiger partial charge in [0.05, 0.1) is 11.4 Å². The first kappa shape index (κ1) is 9.36. The highest BCUT2D eigenvalue weighted by Gasteiger charge is 2.23. The standard InChI is InChI=1S/C9H10N2O2S/c10-6-1-2-8-7(3-6)11(5-12)9(13)4-14-8/h1-3,12H,4-5,10H2. The molecule has 0 saturated heterocycles. The van der Waals surface area contributed by atoms with Gasteiger partial charge in [0.2, 0.25) is 5.91 Å². The summed E-state index contributed by atoms with van der Waals surface area (Å²) in [5, 5.41) is 9.05. The predicted molar refractivity (Wildman–Crippen MR) is 56.2 cm³/mol. The molecule has 1 heterocycles. The van der Waals surface area contributed by atoms with Gasteiger partial charge in [-0.3, -0.25) is 9.69 Å². The number of rotatable bonds is 1. The van der Waals surface area contributed by atoms with Gasteiger partial charge in [-0.15, -0.1) is 11.8 Å². The van der Waals surface area contributed by atoms with E-state index in [4.69, 9.17) is 10.8 Å². The number of fused-ring (bicyclic) bond motifs is 1. The Labute approximate surface area is 85.7 Å². The van der Waals surface area contributed by atoms with E-state index in [1.165, 1.54) is 16.7 Å². The van der Waals surface area contributed by atoms with E-state index in [1.807, 2.05) is 6.07 Å². The van der Waals surface area contributed by atoms with Crippen molar-refractivity contribution in [2.75, 3.05) is 23.1 Å². The van der Waals surface area contributed by atoms with Crippen molar-refractivity contribution in [3.05, 3.63) is 18.2 Å². The van der Waals surface area contributed by atoms with E-state index in [1.54, 1.807) is 12.1 Å². The summed E-state index contributed by atoms with van der Waals surface area (Å²) in [5.41, 5.74) is 6.91. The van der Waals surface area contributed by atoms with Gasteiger partial charge >= 0.3 is 0 Å². The van der Waals surface area contributed by atoms with E-state index in [0.717, 1.165) is 4.90 Å². The number of carbonyl (C=O) groups is 1. The van der Waals surface area contributed by atoms with Crippen molar-refractivity contribution in [1.29, 1.82) is 0 Å². The number of aliphatic hydroxyl groups excluding tert-OH is 1. The van der Waals surface area contributed by atoms with E-state index >= 15 is 0 Å². The predicted octanol–water partition coefficient (Wildman–Crippen LogP) is 0.657. The second-order valence-electron chi connectivity index (χ2n) is 2.98.